The molecular weight excluding hydrogens is 853 g/mol. The number of carbonyl (C=O) groups is 3. The van der Waals surface area contributed by atoms with Crippen molar-refractivity contribution in [2.75, 3.05) is 13.2 Å². The first-order valence-electron chi connectivity index (χ1n) is 29.4. The molecule has 0 aliphatic heterocycles. The SMILES string of the molecule is CC/C=C\C/C=C\C/C=C\C/C=C\CCCCCCCCCCC(=O)OCC(COC(=O)CCCCCCCCCCCCCC)OC(=O)CCCCCCCCC/C=C\C/C=C\CCCCCC. The highest BCUT2D eigenvalue weighted by Gasteiger charge is 2.19. The molecule has 69 heavy (non-hydrogen) atoms. The molecule has 0 radical (unpaired) electrons. The van der Waals surface area contributed by atoms with Gasteiger partial charge in [-0.3, -0.25) is 14.4 Å². The normalized spacial score (nSPS) is 12.6. The highest BCUT2D eigenvalue weighted by Crippen LogP contribution is 2.16. The fraction of sp³-hybridized carbons (Fsp3) is 0.762. The van der Waals surface area contributed by atoms with Crippen molar-refractivity contribution in [1.29, 1.82) is 0 Å². The van der Waals surface area contributed by atoms with Crippen molar-refractivity contribution in [3.8, 4) is 0 Å². The smallest absolute Gasteiger partial charge is 0.306 e. The Kier molecular flexibility index (Phi) is 54.8. The van der Waals surface area contributed by atoms with E-state index in [4.69, 9.17) is 14.2 Å². The van der Waals surface area contributed by atoms with Gasteiger partial charge in [0, 0.05) is 19.3 Å². The van der Waals surface area contributed by atoms with Gasteiger partial charge in [0.2, 0.25) is 0 Å². The molecule has 0 aliphatic carbocycles. The molecule has 0 saturated carbocycles. The van der Waals surface area contributed by atoms with Crippen molar-refractivity contribution >= 4 is 17.9 Å². The minimum absolute atomic E-state index is 0.0788. The summed E-state index contributed by atoms with van der Waals surface area (Å²) in [6.45, 7) is 6.52. The van der Waals surface area contributed by atoms with Crippen LogP contribution in [0, 0.1) is 0 Å². The summed E-state index contributed by atoms with van der Waals surface area (Å²) in [6, 6.07) is 0. The summed E-state index contributed by atoms with van der Waals surface area (Å²) >= 11 is 0. The van der Waals surface area contributed by atoms with Crippen LogP contribution in [-0.4, -0.2) is 37.2 Å². The number of ether oxygens (including phenoxy) is 3. The van der Waals surface area contributed by atoms with E-state index in [0.717, 1.165) is 103 Å². The van der Waals surface area contributed by atoms with E-state index in [2.05, 4.69) is 93.7 Å². The lowest BCUT2D eigenvalue weighted by molar-refractivity contribution is -0.167. The van der Waals surface area contributed by atoms with E-state index in [1.807, 2.05) is 0 Å². The van der Waals surface area contributed by atoms with E-state index in [-0.39, 0.29) is 31.1 Å². The molecule has 6 nitrogen and oxygen atoms in total. The molecule has 0 aromatic carbocycles. The second-order valence-electron chi connectivity index (χ2n) is 19.5. The van der Waals surface area contributed by atoms with Crippen LogP contribution in [-0.2, 0) is 28.6 Å². The lowest BCUT2D eigenvalue weighted by Gasteiger charge is -2.18. The molecule has 0 bridgehead atoms. The van der Waals surface area contributed by atoms with Gasteiger partial charge in [-0.05, 0) is 89.9 Å². The summed E-state index contributed by atoms with van der Waals surface area (Å²) in [5.41, 5.74) is 0. The van der Waals surface area contributed by atoms with Crippen LogP contribution in [0.15, 0.2) is 72.9 Å². The maximum Gasteiger partial charge on any atom is 0.306 e. The third kappa shape index (κ3) is 55.6. The highest BCUT2D eigenvalue weighted by molar-refractivity contribution is 5.71. The van der Waals surface area contributed by atoms with Gasteiger partial charge < -0.3 is 14.2 Å². The van der Waals surface area contributed by atoms with Gasteiger partial charge in [0.25, 0.3) is 0 Å². The van der Waals surface area contributed by atoms with E-state index >= 15 is 0 Å². The Bertz CT molecular complexity index is 1290. The molecule has 398 valence electrons. The molecule has 0 fully saturated rings. The quantitative estimate of drug-likeness (QED) is 0.0262. The van der Waals surface area contributed by atoms with Crippen molar-refractivity contribution in [2.45, 2.75) is 297 Å². The maximum absolute atomic E-state index is 12.9. The van der Waals surface area contributed by atoms with Crippen LogP contribution < -0.4 is 0 Å². The predicted octanol–water partition coefficient (Wildman–Crippen LogP) is 19.8. The predicted molar refractivity (Wildman–Crippen MR) is 298 cm³/mol. The monoisotopic (exact) mass is 963 g/mol. The van der Waals surface area contributed by atoms with Gasteiger partial charge in [0.1, 0.15) is 13.2 Å². The molecule has 0 amide bonds. The molecule has 0 N–H and O–H groups in total. The fourth-order valence-corrected chi connectivity index (χ4v) is 8.29. The van der Waals surface area contributed by atoms with Crippen molar-refractivity contribution in [1.82, 2.24) is 0 Å². The number of rotatable bonds is 53. The Morgan fingerprint density at radius 2 is 0.565 bits per heavy atom. The van der Waals surface area contributed by atoms with Gasteiger partial charge in [-0.2, -0.15) is 0 Å². The largest absolute Gasteiger partial charge is 0.462 e. The Morgan fingerprint density at radius 1 is 0.304 bits per heavy atom. The highest BCUT2D eigenvalue weighted by atomic mass is 16.6. The van der Waals surface area contributed by atoms with Crippen LogP contribution in [0.5, 0.6) is 0 Å². The zero-order chi connectivity index (χ0) is 50.0. The Hall–Kier alpha value is -3.15. The number of carbonyl (C=O) groups excluding carboxylic acids is 3. The van der Waals surface area contributed by atoms with Crippen molar-refractivity contribution in [3.05, 3.63) is 72.9 Å². The molecule has 1 unspecified atom stereocenters. The fourth-order valence-electron chi connectivity index (χ4n) is 8.29. The van der Waals surface area contributed by atoms with Crippen LogP contribution in [0.1, 0.15) is 290 Å². The van der Waals surface area contributed by atoms with Gasteiger partial charge in [-0.1, -0.05) is 254 Å². The van der Waals surface area contributed by atoms with Gasteiger partial charge in [-0.25, -0.2) is 0 Å². The molecule has 0 rings (SSSR count). The Labute approximate surface area is 427 Å². The number of hydrogen-bond acceptors (Lipinski definition) is 6. The van der Waals surface area contributed by atoms with Gasteiger partial charge in [-0.15, -0.1) is 0 Å². The number of esters is 3. The lowest BCUT2D eigenvalue weighted by atomic mass is 10.0. The first kappa shape index (κ1) is 65.8. The summed E-state index contributed by atoms with van der Waals surface area (Å²) < 4.78 is 16.9. The zero-order valence-electron chi connectivity index (χ0n) is 45.6. The number of unbranched alkanes of at least 4 members (excludes halogenated alkanes) is 30. The second-order valence-corrected chi connectivity index (χ2v) is 19.5. The number of allylic oxidation sites excluding steroid dienone is 12. The second kappa shape index (κ2) is 57.4. The van der Waals surface area contributed by atoms with E-state index in [1.54, 1.807) is 0 Å². The molecule has 0 heterocycles. The van der Waals surface area contributed by atoms with Crippen molar-refractivity contribution in [2.24, 2.45) is 0 Å². The molecule has 0 saturated heterocycles. The van der Waals surface area contributed by atoms with E-state index in [0.29, 0.717) is 19.3 Å². The zero-order valence-corrected chi connectivity index (χ0v) is 45.6. The molecular formula is C63H110O6. The van der Waals surface area contributed by atoms with Gasteiger partial charge in [0.05, 0.1) is 0 Å². The van der Waals surface area contributed by atoms with Crippen molar-refractivity contribution < 1.29 is 28.6 Å². The summed E-state index contributed by atoms with van der Waals surface area (Å²) in [5, 5.41) is 0. The molecule has 0 aliphatic rings. The Morgan fingerprint density at radius 3 is 0.899 bits per heavy atom. The average Bonchev–Trinajstić information content (AvgIpc) is 3.35. The minimum Gasteiger partial charge on any atom is -0.462 e. The molecule has 6 heteroatoms. The summed E-state index contributed by atoms with van der Waals surface area (Å²) in [6.07, 6.45) is 73.2. The van der Waals surface area contributed by atoms with Crippen LogP contribution in [0.2, 0.25) is 0 Å². The van der Waals surface area contributed by atoms with Gasteiger partial charge >= 0.3 is 17.9 Å². The van der Waals surface area contributed by atoms with Crippen LogP contribution in [0.25, 0.3) is 0 Å². The first-order valence-corrected chi connectivity index (χ1v) is 29.4. The first-order chi connectivity index (χ1) is 34.0. The third-order valence-corrected chi connectivity index (χ3v) is 12.7. The van der Waals surface area contributed by atoms with E-state index < -0.39 is 6.10 Å². The average molecular weight is 964 g/mol. The molecule has 0 spiro atoms. The Balaban J connectivity index is 4.36. The lowest BCUT2D eigenvalue weighted by Crippen LogP contribution is -2.30. The molecule has 0 aromatic rings. The molecule has 0 aromatic heterocycles. The van der Waals surface area contributed by atoms with E-state index in [9.17, 15) is 14.4 Å². The summed E-state index contributed by atoms with van der Waals surface area (Å²) in [4.78, 5) is 38.2. The number of hydrogen-bond donors (Lipinski definition) is 0. The topological polar surface area (TPSA) is 78.9 Å². The van der Waals surface area contributed by atoms with Crippen LogP contribution in [0.3, 0.4) is 0 Å². The van der Waals surface area contributed by atoms with Gasteiger partial charge in [0.15, 0.2) is 6.10 Å². The minimum atomic E-state index is -0.782. The van der Waals surface area contributed by atoms with Crippen LogP contribution >= 0.6 is 0 Å². The third-order valence-electron chi connectivity index (χ3n) is 12.7. The van der Waals surface area contributed by atoms with Crippen molar-refractivity contribution in [3.63, 3.8) is 0 Å². The van der Waals surface area contributed by atoms with Crippen LogP contribution in [0.4, 0.5) is 0 Å². The van der Waals surface area contributed by atoms with E-state index in [1.165, 1.54) is 148 Å². The standard InChI is InChI=1S/C63H110O6/c1-4-7-10-13-16-19-22-25-27-29-31-32-33-35-36-38-41-44-47-50-53-56-62(65)68-59-60(58-67-61(64)55-52-49-46-43-40-24-21-18-15-12-9-6-3)69-63(66)57-54-51-48-45-42-39-37-34-30-28-26-23-20-17-14-11-8-5-2/h7,10,16,19-20,23,25,27-28,30-32,60H,4-6,8-9,11-15,17-18,21-22,24,26,29,33-59H2,1-3H3/b10-7-,19-16-,23-20-,27-25-,30-28-,32-31-. The maximum atomic E-state index is 12.9. The summed E-state index contributed by atoms with van der Waals surface area (Å²) in [7, 11) is 0. The summed E-state index contributed by atoms with van der Waals surface area (Å²) in [5.74, 6) is -0.885. The molecule has 1 atom stereocenters.